The van der Waals surface area contributed by atoms with Gasteiger partial charge in [0.1, 0.15) is 5.75 Å². The molecule has 1 amide bonds. The number of piperidine rings is 1. The molecule has 0 unspecified atom stereocenters. The number of benzene rings is 1. The lowest BCUT2D eigenvalue weighted by Crippen LogP contribution is -2.49. The number of likely N-dealkylation sites (tertiary alicyclic amines) is 1. The quantitative estimate of drug-likeness (QED) is 0.755. The average Bonchev–Trinajstić information content (AvgIpc) is 2.64. The number of ether oxygens (including phenoxy) is 1. The number of aliphatic carboxylic acids is 1. The molecule has 0 saturated carbocycles. The Morgan fingerprint density at radius 1 is 1.30 bits per heavy atom. The first kappa shape index (κ1) is 21.2. The van der Waals surface area contributed by atoms with Crippen LogP contribution in [0.25, 0.3) is 0 Å². The van der Waals surface area contributed by atoms with Crippen molar-refractivity contribution >= 4 is 11.9 Å². The summed E-state index contributed by atoms with van der Waals surface area (Å²) in [5.74, 6) is 0.307. The van der Waals surface area contributed by atoms with Crippen LogP contribution in [-0.2, 0) is 9.59 Å². The van der Waals surface area contributed by atoms with Crippen LogP contribution < -0.4 is 4.74 Å². The van der Waals surface area contributed by atoms with E-state index in [9.17, 15) is 9.59 Å². The fourth-order valence-electron chi connectivity index (χ4n) is 3.63. The van der Waals surface area contributed by atoms with Crippen molar-refractivity contribution in [3.05, 3.63) is 29.3 Å². The number of hydrogen-bond acceptors (Lipinski definition) is 4. The molecule has 6 nitrogen and oxygen atoms in total. The summed E-state index contributed by atoms with van der Waals surface area (Å²) in [5.41, 5.74) is 2.22. The molecule has 1 N–H and O–H groups in total. The monoisotopic (exact) mass is 376 g/mol. The normalized spacial score (nSPS) is 15.4. The van der Waals surface area contributed by atoms with Gasteiger partial charge in [0.25, 0.3) is 5.91 Å². The number of amides is 1. The van der Waals surface area contributed by atoms with E-state index in [0.717, 1.165) is 29.7 Å². The lowest BCUT2D eigenvalue weighted by atomic mass is 10.0. The number of nitrogens with zero attached hydrogens (tertiary/aromatic N) is 2. The molecule has 1 fully saturated rings. The van der Waals surface area contributed by atoms with E-state index in [4.69, 9.17) is 9.84 Å². The maximum absolute atomic E-state index is 12.6. The van der Waals surface area contributed by atoms with Crippen molar-refractivity contribution in [3.8, 4) is 5.75 Å². The highest BCUT2D eigenvalue weighted by Gasteiger charge is 2.27. The number of carbonyl (C=O) groups is 2. The molecule has 1 aliphatic heterocycles. The molecule has 1 aromatic carbocycles. The summed E-state index contributed by atoms with van der Waals surface area (Å²) in [6, 6.07) is 6.33. The first-order valence-corrected chi connectivity index (χ1v) is 9.78. The van der Waals surface area contributed by atoms with Crippen LogP contribution in [-0.4, -0.2) is 65.6 Å². The average molecular weight is 376 g/mol. The summed E-state index contributed by atoms with van der Waals surface area (Å²) in [6.45, 7) is 10.3. The van der Waals surface area contributed by atoms with Crippen molar-refractivity contribution in [1.82, 2.24) is 9.80 Å². The standard InChI is InChI=1S/C21H32N2O4/c1-5-22(13-21(25)26)17-8-10-23(11-9-17)20(24)14-27-19-12-16(4)6-7-18(19)15(2)3/h6-7,12,15,17H,5,8-11,13-14H2,1-4H3,(H,25,26). The van der Waals surface area contributed by atoms with Crippen molar-refractivity contribution < 1.29 is 19.4 Å². The molecule has 0 aliphatic carbocycles. The first-order valence-electron chi connectivity index (χ1n) is 9.78. The van der Waals surface area contributed by atoms with Gasteiger partial charge in [-0.15, -0.1) is 0 Å². The largest absolute Gasteiger partial charge is 0.483 e. The van der Waals surface area contributed by atoms with Crippen molar-refractivity contribution in [3.63, 3.8) is 0 Å². The van der Waals surface area contributed by atoms with Crippen molar-refractivity contribution in [1.29, 1.82) is 0 Å². The van der Waals surface area contributed by atoms with E-state index in [1.54, 1.807) is 0 Å². The molecule has 0 spiro atoms. The molecule has 0 aromatic heterocycles. The van der Waals surface area contributed by atoms with E-state index in [1.807, 2.05) is 29.7 Å². The SMILES string of the molecule is CCN(CC(=O)O)C1CCN(C(=O)COc2cc(C)ccc2C(C)C)CC1. The molecule has 0 bridgehead atoms. The second-order valence-corrected chi connectivity index (χ2v) is 7.55. The highest BCUT2D eigenvalue weighted by Crippen LogP contribution is 2.27. The molecule has 0 radical (unpaired) electrons. The van der Waals surface area contributed by atoms with Crippen molar-refractivity contribution in [2.24, 2.45) is 0 Å². The predicted molar refractivity (Wildman–Crippen MR) is 105 cm³/mol. The maximum atomic E-state index is 12.6. The van der Waals surface area contributed by atoms with Gasteiger partial charge in [0.05, 0.1) is 6.54 Å². The lowest BCUT2D eigenvalue weighted by Gasteiger charge is -2.37. The van der Waals surface area contributed by atoms with Crippen LogP contribution in [0.2, 0.25) is 0 Å². The number of likely N-dealkylation sites (N-methyl/N-ethyl adjacent to an activating group) is 1. The van der Waals surface area contributed by atoms with Gasteiger partial charge in [-0.1, -0.05) is 32.9 Å². The van der Waals surface area contributed by atoms with E-state index >= 15 is 0 Å². The summed E-state index contributed by atoms with van der Waals surface area (Å²) in [4.78, 5) is 27.3. The highest BCUT2D eigenvalue weighted by atomic mass is 16.5. The Kier molecular flexibility index (Phi) is 7.66. The van der Waals surface area contributed by atoms with Crippen LogP contribution in [0.4, 0.5) is 0 Å². The van der Waals surface area contributed by atoms with Gasteiger partial charge in [0.2, 0.25) is 0 Å². The van der Waals surface area contributed by atoms with Gasteiger partial charge in [0.15, 0.2) is 6.61 Å². The van der Waals surface area contributed by atoms with Gasteiger partial charge in [-0.2, -0.15) is 0 Å². The van der Waals surface area contributed by atoms with E-state index in [0.29, 0.717) is 25.6 Å². The Hall–Kier alpha value is -2.08. The van der Waals surface area contributed by atoms with Crippen LogP contribution in [0.1, 0.15) is 50.7 Å². The van der Waals surface area contributed by atoms with Gasteiger partial charge in [0, 0.05) is 19.1 Å². The van der Waals surface area contributed by atoms with Gasteiger partial charge >= 0.3 is 5.97 Å². The Labute approximate surface area is 162 Å². The lowest BCUT2D eigenvalue weighted by molar-refractivity contribution is -0.140. The van der Waals surface area contributed by atoms with E-state index in [-0.39, 0.29) is 25.1 Å². The molecule has 1 aliphatic rings. The van der Waals surface area contributed by atoms with Crippen LogP contribution in [0.5, 0.6) is 5.75 Å². The minimum Gasteiger partial charge on any atom is -0.483 e. The smallest absolute Gasteiger partial charge is 0.317 e. The second-order valence-electron chi connectivity index (χ2n) is 7.55. The Morgan fingerprint density at radius 3 is 2.52 bits per heavy atom. The zero-order valence-corrected chi connectivity index (χ0v) is 16.9. The third kappa shape index (κ3) is 5.96. The van der Waals surface area contributed by atoms with E-state index in [1.165, 1.54) is 0 Å². The highest BCUT2D eigenvalue weighted by molar-refractivity contribution is 5.78. The molecule has 6 heteroatoms. The maximum Gasteiger partial charge on any atom is 0.317 e. The second kappa shape index (κ2) is 9.74. The number of carbonyl (C=O) groups excluding carboxylic acids is 1. The number of rotatable bonds is 8. The Balaban J connectivity index is 1.88. The van der Waals surface area contributed by atoms with Crippen LogP contribution in [0.15, 0.2) is 18.2 Å². The third-order valence-electron chi connectivity index (χ3n) is 5.22. The zero-order chi connectivity index (χ0) is 20.0. The fraction of sp³-hybridized carbons (Fsp3) is 0.619. The molecule has 1 saturated heterocycles. The topological polar surface area (TPSA) is 70.1 Å². The molecular formula is C21H32N2O4. The van der Waals surface area contributed by atoms with E-state index in [2.05, 4.69) is 26.0 Å². The fourth-order valence-corrected chi connectivity index (χ4v) is 3.63. The third-order valence-corrected chi connectivity index (χ3v) is 5.22. The first-order chi connectivity index (χ1) is 12.8. The summed E-state index contributed by atoms with van der Waals surface area (Å²) in [5, 5.41) is 9.02. The van der Waals surface area contributed by atoms with E-state index < -0.39 is 5.97 Å². The Morgan fingerprint density at radius 2 is 1.96 bits per heavy atom. The number of carboxylic acid groups (broad SMARTS) is 1. The van der Waals surface area contributed by atoms with Crippen LogP contribution in [0, 0.1) is 6.92 Å². The number of aryl methyl sites for hydroxylation is 1. The van der Waals surface area contributed by atoms with Gasteiger partial charge < -0.3 is 14.7 Å². The van der Waals surface area contributed by atoms with Gasteiger partial charge in [-0.3, -0.25) is 14.5 Å². The summed E-state index contributed by atoms with van der Waals surface area (Å²) in [6.07, 6.45) is 1.60. The zero-order valence-electron chi connectivity index (χ0n) is 16.9. The summed E-state index contributed by atoms with van der Waals surface area (Å²) >= 11 is 0. The van der Waals surface area contributed by atoms with Gasteiger partial charge in [-0.05, 0) is 49.4 Å². The predicted octanol–water partition coefficient (Wildman–Crippen LogP) is 2.89. The minimum atomic E-state index is -0.803. The molecular weight excluding hydrogens is 344 g/mol. The molecule has 150 valence electrons. The minimum absolute atomic E-state index is 0.00838. The summed E-state index contributed by atoms with van der Waals surface area (Å²) < 4.78 is 5.86. The number of carboxylic acids is 1. The van der Waals surface area contributed by atoms with Crippen molar-refractivity contribution in [2.75, 3.05) is 32.8 Å². The molecule has 0 atom stereocenters. The Bertz CT molecular complexity index is 652. The molecule has 27 heavy (non-hydrogen) atoms. The number of hydrogen-bond donors (Lipinski definition) is 1. The molecule has 1 aromatic rings. The summed E-state index contributed by atoms with van der Waals surface area (Å²) in [7, 11) is 0. The molecule has 1 heterocycles. The van der Waals surface area contributed by atoms with Crippen LogP contribution >= 0.6 is 0 Å². The van der Waals surface area contributed by atoms with Crippen LogP contribution in [0.3, 0.4) is 0 Å². The van der Waals surface area contributed by atoms with Gasteiger partial charge in [-0.25, -0.2) is 0 Å². The molecule has 2 rings (SSSR count). The van der Waals surface area contributed by atoms with Crippen molar-refractivity contribution in [2.45, 2.75) is 52.5 Å².